The number of nitrogens with one attached hydrogen (secondary N) is 1. The van der Waals surface area contributed by atoms with Gasteiger partial charge < -0.3 is 19.5 Å². The van der Waals surface area contributed by atoms with Crippen LogP contribution in [0.5, 0.6) is 5.75 Å². The van der Waals surface area contributed by atoms with E-state index in [4.69, 9.17) is 9.26 Å². The minimum atomic E-state index is -0.148. The van der Waals surface area contributed by atoms with Gasteiger partial charge in [-0.05, 0) is 42.8 Å². The second-order valence-electron chi connectivity index (χ2n) is 6.93. The molecule has 8 heteroatoms. The van der Waals surface area contributed by atoms with Crippen molar-refractivity contribution in [3.8, 4) is 17.3 Å². The van der Waals surface area contributed by atoms with Crippen molar-refractivity contribution >= 4 is 11.7 Å². The van der Waals surface area contributed by atoms with Gasteiger partial charge in [0.2, 0.25) is 11.7 Å². The molecule has 1 aliphatic heterocycles. The fraction of sp³-hybridized carbons (Fsp3) is 0.333. The molecule has 0 radical (unpaired) electrons. The second-order valence-corrected chi connectivity index (χ2v) is 6.93. The largest absolute Gasteiger partial charge is 0.494 e. The molecule has 0 atom stereocenters. The number of benzene rings is 1. The first kappa shape index (κ1) is 18.9. The summed E-state index contributed by atoms with van der Waals surface area (Å²) in [6.45, 7) is 3.90. The summed E-state index contributed by atoms with van der Waals surface area (Å²) in [6.07, 6.45) is 3.81. The summed E-state index contributed by atoms with van der Waals surface area (Å²) in [5.74, 6) is 1.84. The Kier molecular flexibility index (Phi) is 5.69. The average molecular weight is 393 g/mol. The van der Waals surface area contributed by atoms with Crippen molar-refractivity contribution < 1.29 is 14.1 Å². The van der Waals surface area contributed by atoms with Gasteiger partial charge in [-0.1, -0.05) is 24.6 Å². The molecule has 1 aromatic carbocycles. The Bertz CT molecular complexity index is 936. The van der Waals surface area contributed by atoms with Gasteiger partial charge in [0.15, 0.2) is 0 Å². The Balaban J connectivity index is 1.27. The van der Waals surface area contributed by atoms with E-state index in [9.17, 15) is 4.79 Å². The van der Waals surface area contributed by atoms with E-state index in [1.54, 1.807) is 11.1 Å². The number of pyridine rings is 1. The van der Waals surface area contributed by atoms with E-state index in [1.165, 1.54) is 0 Å². The van der Waals surface area contributed by atoms with Gasteiger partial charge in [-0.2, -0.15) is 4.98 Å². The predicted molar refractivity (Wildman–Crippen MR) is 108 cm³/mol. The molecule has 8 nitrogen and oxygen atoms in total. The van der Waals surface area contributed by atoms with Gasteiger partial charge in [0, 0.05) is 25.0 Å². The predicted octanol–water partition coefficient (Wildman–Crippen LogP) is 3.94. The van der Waals surface area contributed by atoms with E-state index in [2.05, 4.69) is 27.4 Å². The molecule has 4 rings (SSSR count). The number of nitrogens with zero attached hydrogens (tertiary/aromatic N) is 4. The quantitative estimate of drug-likeness (QED) is 0.611. The van der Waals surface area contributed by atoms with Crippen LogP contribution in [0.4, 0.5) is 10.5 Å². The lowest BCUT2D eigenvalue weighted by atomic mass is 10.0. The highest BCUT2D eigenvalue weighted by Gasteiger charge is 2.35. The van der Waals surface area contributed by atoms with Crippen LogP contribution in [-0.4, -0.2) is 45.8 Å². The van der Waals surface area contributed by atoms with Gasteiger partial charge >= 0.3 is 6.03 Å². The Morgan fingerprint density at radius 1 is 1.24 bits per heavy atom. The zero-order valence-corrected chi connectivity index (χ0v) is 16.2. The molecule has 1 aliphatic rings. The molecule has 1 saturated heterocycles. The van der Waals surface area contributed by atoms with Crippen molar-refractivity contribution in [1.29, 1.82) is 0 Å². The summed E-state index contributed by atoms with van der Waals surface area (Å²) in [5, 5.41) is 6.88. The summed E-state index contributed by atoms with van der Waals surface area (Å²) in [6, 6.07) is 12.8. The number of unbranched alkanes of at least 4 members (excludes halogenated alkanes) is 1. The van der Waals surface area contributed by atoms with E-state index < -0.39 is 0 Å². The van der Waals surface area contributed by atoms with Crippen LogP contribution in [0.3, 0.4) is 0 Å². The van der Waals surface area contributed by atoms with Crippen molar-refractivity contribution in [1.82, 2.24) is 20.0 Å². The van der Waals surface area contributed by atoms with Crippen LogP contribution in [0.2, 0.25) is 0 Å². The third kappa shape index (κ3) is 4.53. The monoisotopic (exact) mass is 393 g/mol. The molecule has 29 heavy (non-hydrogen) atoms. The second kappa shape index (κ2) is 8.72. The van der Waals surface area contributed by atoms with E-state index in [0.29, 0.717) is 37.1 Å². The van der Waals surface area contributed by atoms with Crippen LogP contribution in [0, 0.1) is 0 Å². The standard InChI is InChI=1S/C21H23N5O3/c1-2-3-12-28-17-9-7-16(8-10-17)23-21(27)26-13-15(14-26)20-24-19(25-29-20)18-6-4-5-11-22-18/h4-11,15H,2-3,12-14H2,1H3,(H,23,27). The number of amides is 2. The lowest BCUT2D eigenvalue weighted by Crippen LogP contribution is -2.50. The number of hydrogen-bond donors (Lipinski definition) is 1. The maximum Gasteiger partial charge on any atom is 0.321 e. The minimum absolute atomic E-state index is 0.0417. The topological polar surface area (TPSA) is 93.4 Å². The van der Waals surface area contributed by atoms with Crippen molar-refractivity contribution in [3.05, 3.63) is 54.6 Å². The lowest BCUT2D eigenvalue weighted by Gasteiger charge is -2.36. The maximum atomic E-state index is 12.4. The van der Waals surface area contributed by atoms with Crippen LogP contribution in [-0.2, 0) is 0 Å². The number of hydrogen-bond acceptors (Lipinski definition) is 6. The molecule has 3 aromatic rings. The van der Waals surface area contributed by atoms with E-state index in [0.717, 1.165) is 24.3 Å². The number of ether oxygens (including phenoxy) is 1. The molecule has 0 bridgehead atoms. The molecule has 0 spiro atoms. The van der Waals surface area contributed by atoms with Gasteiger partial charge in [-0.3, -0.25) is 4.98 Å². The van der Waals surface area contributed by atoms with Crippen LogP contribution in [0.15, 0.2) is 53.2 Å². The number of carbonyl (C=O) groups excluding carboxylic acids is 1. The first-order valence-corrected chi connectivity index (χ1v) is 9.76. The molecule has 1 N–H and O–H groups in total. The fourth-order valence-corrected chi connectivity index (χ4v) is 2.97. The average Bonchev–Trinajstić information content (AvgIpc) is 3.19. The molecule has 0 saturated carbocycles. The molecule has 150 valence electrons. The molecule has 1 fully saturated rings. The van der Waals surface area contributed by atoms with Gasteiger partial charge in [0.05, 0.1) is 12.5 Å². The molecule has 0 unspecified atom stereocenters. The zero-order valence-electron chi connectivity index (χ0n) is 16.2. The van der Waals surface area contributed by atoms with Crippen LogP contribution < -0.4 is 10.1 Å². The number of anilines is 1. The summed E-state index contributed by atoms with van der Waals surface area (Å²) in [5.41, 5.74) is 1.40. The molecule has 2 aromatic heterocycles. The van der Waals surface area contributed by atoms with E-state index >= 15 is 0 Å². The highest BCUT2D eigenvalue weighted by atomic mass is 16.5. The Morgan fingerprint density at radius 3 is 2.79 bits per heavy atom. The number of rotatable bonds is 7. The first-order valence-electron chi connectivity index (χ1n) is 9.76. The fourth-order valence-electron chi connectivity index (χ4n) is 2.97. The SMILES string of the molecule is CCCCOc1ccc(NC(=O)N2CC(c3nc(-c4ccccn4)no3)C2)cc1. The number of likely N-dealkylation sites (tertiary alicyclic amines) is 1. The molecule has 3 heterocycles. The summed E-state index contributed by atoms with van der Waals surface area (Å²) >= 11 is 0. The van der Waals surface area contributed by atoms with E-state index in [1.807, 2.05) is 42.5 Å². The highest BCUT2D eigenvalue weighted by molar-refractivity contribution is 5.90. The Labute approximate surface area is 168 Å². The summed E-state index contributed by atoms with van der Waals surface area (Å²) < 4.78 is 11.0. The van der Waals surface area contributed by atoms with Crippen LogP contribution in [0.1, 0.15) is 31.6 Å². The summed E-state index contributed by atoms with van der Waals surface area (Å²) in [7, 11) is 0. The van der Waals surface area contributed by atoms with E-state index in [-0.39, 0.29) is 11.9 Å². The third-order valence-corrected chi connectivity index (χ3v) is 4.73. The smallest absolute Gasteiger partial charge is 0.321 e. The van der Waals surface area contributed by atoms with Crippen molar-refractivity contribution in [3.63, 3.8) is 0 Å². The number of urea groups is 1. The molecule has 0 aliphatic carbocycles. The molecular formula is C21H23N5O3. The number of carbonyl (C=O) groups is 1. The van der Waals surface area contributed by atoms with Crippen LogP contribution in [0.25, 0.3) is 11.5 Å². The highest BCUT2D eigenvalue weighted by Crippen LogP contribution is 2.28. The molecule has 2 amide bonds. The van der Waals surface area contributed by atoms with Crippen LogP contribution >= 0.6 is 0 Å². The zero-order chi connectivity index (χ0) is 20.1. The maximum absolute atomic E-state index is 12.4. The minimum Gasteiger partial charge on any atom is -0.494 e. The third-order valence-electron chi connectivity index (χ3n) is 4.73. The Hall–Kier alpha value is -3.42. The Morgan fingerprint density at radius 2 is 2.07 bits per heavy atom. The number of aromatic nitrogens is 3. The van der Waals surface area contributed by atoms with Gasteiger partial charge in [0.1, 0.15) is 11.4 Å². The normalized spacial score (nSPS) is 13.8. The van der Waals surface area contributed by atoms with Gasteiger partial charge in [0.25, 0.3) is 0 Å². The van der Waals surface area contributed by atoms with Gasteiger partial charge in [-0.15, -0.1) is 0 Å². The lowest BCUT2D eigenvalue weighted by molar-refractivity contribution is 0.147. The molecular weight excluding hydrogens is 370 g/mol. The first-order chi connectivity index (χ1) is 14.2. The van der Waals surface area contributed by atoms with Crippen molar-refractivity contribution in [2.75, 3.05) is 25.0 Å². The van der Waals surface area contributed by atoms with Crippen molar-refractivity contribution in [2.24, 2.45) is 0 Å². The summed E-state index contributed by atoms with van der Waals surface area (Å²) in [4.78, 5) is 22.7. The van der Waals surface area contributed by atoms with Gasteiger partial charge in [-0.25, -0.2) is 4.79 Å². The van der Waals surface area contributed by atoms with Crippen molar-refractivity contribution in [2.45, 2.75) is 25.7 Å².